The maximum absolute atomic E-state index is 12.8. The molecule has 2 aliphatic rings. The fourth-order valence-electron chi connectivity index (χ4n) is 3.85. The Bertz CT molecular complexity index is 865. The molecule has 0 saturated carbocycles. The maximum Gasteiger partial charge on any atom is 0.263 e. The first-order chi connectivity index (χ1) is 13.0. The van der Waals surface area contributed by atoms with Crippen molar-refractivity contribution < 1.29 is 18.7 Å². The summed E-state index contributed by atoms with van der Waals surface area (Å²) in [6, 6.07) is 9.66. The third-order valence-corrected chi connectivity index (χ3v) is 5.34. The van der Waals surface area contributed by atoms with Gasteiger partial charge in [0, 0.05) is 26.2 Å². The number of amides is 2. The van der Waals surface area contributed by atoms with Crippen LogP contribution in [0.15, 0.2) is 34.7 Å². The lowest BCUT2D eigenvalue weighted by molar-refractivity contribution is -0.141. The number of benzene rings is 1. The average Bonchev–Trinajstić information content (AvgIpc) is 3.04. The highest BCUT2D eigenvalue weighted by molar-refractivity contribution is 5.95. The summed E-state index contributed by atoms with van der Waals surface area (Å²) < 4.78 is 11.4. The molecule has 3 heterocycles. The van der Waals surface area contributed by atoms with Crippen molar-refractivity contribution in [2.24, 2.45) is 0 Å². The first kappa shape index (κ1) is 17.6. The van der Waals surface area contributed by atoms with Gasteiger partial charge in [0.25, 0.3) is 11.8 Å². The highest BCUT2D eigenvalue weighted by atomic mass is 16.5. The molecule has 1 fully saturated rings. The lowest BCUT2D eigenvalue weighted by Gasteiger charge is -2.37. The van der Waals surface area contributed by atoms with Crippen LogP contribution in [0.3, 0.4) is 0 Å². The van der Waals surface area contributed by atoms with Gasteiger partial charge in [0.1, 0.15) is 17.3 Å². The van der Waals surface area contributed by atoms with E-state index >= 15 is 0 Å². The van der Waals surface area contributed by atoms with Crippen LogP contribution in [-0.4, -0.2) is 53.9 Å². The zero-order valence-corrected chi connectivity index (χ0v) is 15.7. The minimum Gasteiger partial charge on any atom is -0.480 e. The van der Waals surface area contributed by atoms with Gasteiger partial charge in [-0.3, -0.25) is 9.59 Å². The van der Waals surface area contributed by atoms with E-state index in [1.54, 1.807) is 17.9 Å². The zero-order valence-electron chi connectivity index (χ0n) is 15.7. The Labute approximate surface area is 158 Å². The Morgan fingerprint density at radius 2 is 1.74 bits per heavy atom. The Morgan fingerprint density at radius 3 is 2.44 bits per heavy atom. The van der Waals surface area contributed by atoms with Crippen LogP contribution < -0.4 is 4.74 Å². The fourth-order valence-corrected chi connectivity index (χ4v) is 3.85. The van der Waals surface area contributed by atoms with E-state index in [1.807, 2.05) is 36.1 Å². The van der Waals surface area contributed by atoms with E-state index in [2.05, 4.69) is 0 Å². The third-order valence-electron chi connectivity index (χ3n) is 5.34. The number of para-hydroxylation sites is 1. The van der Waals surface area contributed by atoms with Gasteiger partial charge >= 0.3 is 0 Å². The molecule has 2 amide bonds. The van der Waals surface area contributed by atoms with Crippen LogP contribution >= 0.6 is 0 Å². The second-order valence-electron chi connectivity index (χ2n) is 7.20. The lowest BCUT2D eigenvalue weighted by Crippen LogP contribution is -2.54. The van der Waals surface area contributed by atoms with Crippen LogP contribution in [0.4, 0.5) is 0 Å². The van der Waals surface area contributed by atoms with Crippen LogP contribution in [0.1, 0.15) is 33.9 Å². The normalized spacial score (nSPS) is 19.4. The molecule has 6 nitrogen and oxygen atoms in total. The van der Waals surface area contributed by atoms with Gasteiger partial charge in [0.05, 0.1) is 5.56 Å². The molecular weight excluding hydrogens is 344 g/mol. The van der Waals surface area contributed by atoms with Gasteiger partial charge in [-0.05, 0) is 44.4 Å². The quantitative estimate of drug-likeness (QED) is 0.817. The number of hydrogen-bond donors (Lipinski definition) is 0. The van der Waals surface area contributed by atoms with Crippen LogP contribution in [-0.2, 0) is 11.2 Å². The Morgan fingerprint density at radius 1 is 1.04 bits per heavy atom. The second kappa shape index (κ2) is 7.10. The van der Waals surface area contributed by atoms with Crippen molar-refractivity contribution in [1.82, 2.24) is 9.80 Å². The first-order valence-corrected chi connectivity index (χ1v) is 9.42. The van der Waals surface area contributed by atoms with Gasteiger partial charge in [-0.1, -0.05) is 18.2 Å². The van der Waals surface area contributed by atoms with Gasteiger partial charge in [0.2, 0.25) is 0 Å². The number of rotatable bonds is 2. The first-order valence-electron chi connectivity index (χ1n) is 9.42. The van der Waals surface area contributed by atoms with Crippen LogP contribution in [0.25, 0.3) is 0 Å². The van der Waals surface area contributed by atoms with Gasteiger partial charge in [-0.2, -0.15) is 0 Å². The summed E-state index contributed by atoms with van der Waals surface area (Å²) in [5, 5.41) is 0. The topological polar surface area (TPSA) is 63.0 Å². The van der Waals surface area contributed by atoms with E-state index in [9.17, 15) is 9.59 Å². The fraction of sp³-hybridized carbons (Fsp3) is 0.429. The van der Waals surface area contributed by atoms with E-state index in [-0.39, 0.29) is 11.8 Å². The van der Waals surface area contributed by atoms with Gasteiger partial charge < -0.3 is 19.0 Å². The Hall–Kier alpha value is -2.76. The molecule has 0 spiro atoms. The molecule has 1 atom stereocenters. The number of furan rings is 1. The van der Waals surface area contributed by atoms with Crippen molar-refractivity contribution >= 4 is 11.8 Å². The van der Waals surface area contributed by atoms with Crippen molar-refractivity contribution in [3.05, 3.63) is 53.0 Å². The number of piperazine rings is 1. The summed E-state index contributed by atoms with van der Waals surface area (Å²) in [6.45, 7) is 5.75. The summed E-state index contributed by atoms with van der Waals surface area (Å²) in [6.07, 6.45) is 1.12. The van der Waals surface area contributed by atoms with Crippen molar-refractivity contribution in [3.8, 4) is 5.75 Å². The van der Waals surface area contributed by atoms with E-state index in [0.29, 0.717) is 43.9 Å². The molecule has 27 heavy (non-hydrogen) atoms. The predicted octanol–water partition coefficient (Wildman–Crippen LogP) is 2.57. The standard InChI is InChI=1S/C21H24N2O4/c1-14-13-17(15(2)26-14)20(24)22-9-11-23(12-10-22)21(25)19-8-7-16-5-3-4-6-18(16)27-19/h3-6,13,19H,7-12H2,1-2H3. The molecule has 2 aromatic rings. The molecule has 0 N–H and O–H groups in total. The molecule has 1 unspecified atom stereocenters. The predicted molar refractivity (Wildman–Crippen MR) is 99.8 cm³/mol. The van der Waals surface area contributed by atoms with E-state index < -0.39 is 6.10 Å². The van der Waals surface area contributed by atoms with Crippen LogP contribution in [0, 0.1) is 13.8 Å². The number of carbonyl (C=O) groups is 2. The Kier molecular flexibility index (Phi) is 4.64. The van der Waals surface area contributed by atoms with Gasteiger partial charge in [-0.25, -0.2) is 0 Å². The van der Waals surface area contributed by atoms with Crippen molar-refractivity contribution in [1.29, 1.82) is 0 Å². The molecule has 1 saturated heterocycles. The maximum atomic E-state index is 12.8. The minimum absolute atomic E-state index is 0.0203. The Balaban J connectivity index is 1.36. The molecule has 142 valence electrons. The number of hydrogen-bond acceptors (Lipinski definition) is 4. The van der Waals surface area contributed by atoms with Gasteiger partial charge in [0.15, 0.2) is 6.10 Å². The third kappa shape index (κ3) is 3.44. The van der Waals surface area contributed by atoms with Crippen molar-refractivity contribution in [3.63, 3.8) is 0 Å². The SMILES string of the molecule is Cc1cc(C(=O)N2CCN(C(=O)C3CCc4ccccc4O3)CC2)c(C)o1. The zero-order chi connectivity index (χ0) is 19.0. The molecule has 1 aromatic heterocycles. The number of ether oxygens (including phenoxy) is 1. The van der Waals surface area contributed by atoms with E-state index in [1.165, 1.54) is 0 Å². The highest BCUT2D eigenvalue weighted by Gasteiger charge is 2.33. The monoisotopic (exact) mass is 368 g/mol. The number of carbonyl (C=O) groups excluding carboxylic acids is 2. The summed E-state index contributed by atoms with van der Waals surface area (Å²) in [7, 11) is 0. The second-order valence-corrected chi connectivity index (χ2v) is 7.20. The van der Waals surface area contributed by atoms with Crippen molar-refractivity contribution in [2.45, 2.75) is 32.8 Å². The lowest BCUT2D eigenvalue weighted by atomic mass is 10.0. The average molecular weight is 368 g/mol. The van der Waals surface area contributed by atoms with E-state index in [4.69, 9.17) is 9.15 Å². The molecule has 4 rings (SSSR count). The largest absolute Gasteiger partial charge is 0.480 e. The molecule has 6 heteroatoms. The molecule has 2 aliphatic heterocycles. The summed E-state index contributed by atoms with van der Waals surface area (Å²) in [5.41, 5.74) is 1.77. The number of fused-ring (bicyclic) bond motifs is 1. The minimum atomic E-state index is -0.430. The molecule has 0 radical (unpaired) electrons. The molecule has 0 bridgehead atoms. The number of aryl methyl sites for hydroxylation is 3. The summed E-state index contributed by atoms with van der Waals surface area (Å²) in [5.74, 6) is 2.18. The smallest absolute Gasteiger partial charge is 0.263 e. The highest BCUT2D eigenvalue weighted by Crippen LogP contribution is 2.28. The molecule has 1 aromatic carbocycles. The molecule has 0 aliphatic carbocycles. The van der Waals surface area contributed by atoms with Gasteiger partial charge in [-0.15, -0.1) is 0 Å². The summed E-state index contributed by atoms with van der Waals surface area (Å²) in [4.78, 5) is 29.1. The van der Waals surface area contributed by atoms with Crippen molar-refractivity contribution in [2.75, 3.05) is 26.2 Å². The molecular formula is C21H24N2O4. The summed E-state index contributed by atoms with van der Waals surface area (Å²) >= 11 is 0. The van der Waals surface area contributed by atoms with E-state index in [0.717, 1.165) is 23.5 Å². The number of nitrogens with zero attached hydrogens (tertiary/aromatic N) is 2. The van der Waals surface area contributed by atoms with Crippen LogP contribution in [0.5, 0.6) is 5.75 Å². The van der Waals surface area contributed by atoms with Crippen LogP contribution in [0.2, 0.25) is 0 Å².